The van der Waals surface area contributed by atoms with Crippen LogP contribution >= 0.6 is 0 Å². The summed E-state index contributed by atoms with van der Waals surface area (Å²) in [5.74, 6) is -2.45. The average molecular weight is 360 g/mol. The van der Waals surface area contributed by atoms with E-state index >= 15 is 0 Å². The molecule has 3 rings (SSSR count). The van der Waals surface area contributed by atoms with Crippen LogP contribution in [-0.2, 0) is 28.6 Å². The highest BCUT2D eigenvalue weighted by Crippen LogP contribution is 2.42. The Morgan fingerprint density at radius 2 is 2.04 bits per heavy atom. The lowest BCUT2D eigenvalue weighted by Gasteiger charge is -2.36. The number of carbonyl (C=O) groups excluding carboxylic acids is 3. The average Bonchev–Trinajstić information content (AvgIpc) is 3.02. The SMILES string of the molecule is C=C(C)C(=O)O[C@H]1[C@H]2C(=C)C(=O)O[C@@H]2/C=C(/C)C2=CC(=O)[C@](C)(O2)[C@H]1O. The van der Waals surface area contributed by atoms with E-state index in [1.165, 1.54) is 19.9 Å². The van der Waals surface area contributed by atoms with Crippen LogP contribution in [0.4, 0.5) is 0 Å². The number of esters is 2. The van der Waals surface area contributed by atoms with E-state index in [1.807, 2.05) is 0 Å². The minimum absolute atomic E-state index is 0.0559. The van der Waals surface area contributed by atoms with Crippen molar-refractivity contribution in [1.29, 1.82) is 0 Å². The molecule has 138 valence electrons. The highest BCUT2D eigenvalue weighted by molar-refractivity contribution is 6.00. The Labute approximate surface area is 150 Å². The monoisotopic (exact) mass is 360 g/mol. The summed E-state index contributed by atoms with van der Waals surface area (Å²) in [7, 11) is 0. The third kappa shape index (κ3) is 2.59. The summed E-state index contributed by atoms with van der Waals surface area (Å²) in [5.41, 5.74) is -0.927. The second-order valence-electron chi connectivity index (χ2n) is 6.95. The van der Waals surface area contributed by atoms with Crippen LogP contribution in [0.15, 0.2) is 47.8 Å². The van der Waals surface area contributed by atoms with Crippen molar-refractivity contribution in [3.8, 4) is 0 Å². The van der Waals surface area contributed by atoms with E-state index in [4.69, 9.17) is 14.2 Å². The first kappa shape index (κ1) is 18.1. The van der Waals surface area contributed by atoms with Gasteiger partial charge in [0.2, 0.25) is 5.78 Å². The normalized spacial score (nSPS) is 37.9. The Morgan fingerprint density at radius 3 is 2.65 bits per heavy atom. The van der Waals surface area contributed by atoms with E-state index in [0.717, 1.165) is 0 Å². The third-order valence-corrected chi connectivity index (χ3v) is 4.96. The smallest absolute Gasteiger partial charge is 0.334 e. The van der Waals surface area contributed by atoms with Crippen molar-refractivity contribution in [1.82, 2.24) is 0 Å². The van der Waals surface area contributed by atoms with Crippen molar-refractivity contribution in [2.45, 2.75) is 44.7 Å². The van der Waals surface area contributed by atoms with Gasteiger partial charge in [0.05, 0.1) is 5.92 Å². The Balaban J connectivity index is 2.14. The molecule has 3 heterocycles. The van der Waals surface area contributed by atoms with Crippen molar-refractivity contribution in [2.24, 2.45) is 5.92 Å². The van der Waals surface area contributed by atoms with Crippen LogP contribution in [0.3, 0.4) is 0 Å². The van der Waals surface area contributed by atoms with Gasteiger partial charge < -0.3 is 19.3 Å². The maximum atomic E-state index is 12.5. The summed E-state index contributed by atoms with van der Waals surface area (Å²) in [6.07, 6.45) is -0.767. The standard InChI is InChI=1S/C19H20O7/c1-8(2)17(22)25-15-14-10(4)18(23)24-12(14)6-9(3)11-7-13(20)19(5,26-11)16(15)21/h6-7,12,14-16,21H,1,4H2,2-3,5H3/b9-6-/t12-,14+,15+,16+,19+/m1/s1. The summed E-state index contributed by atoms with van der Waals surface area (Å²) in [6, 6.07) is 0. The highest BCUT2D eigenvalue weighted by Gasteiger charge is 2.57. The van der Waals surface area contributed by atoms with E-state index < -0.39 is 47.6 Å². The van der Waals surface area contributed by atoms with Crippen molar-refractivity contribution in [3.05, 3.63) is 47.8 Å². The first-order valence-corrected chi connectivity index (χ1v) is 8.14. The van der Waals surface area contributed by atoms with Gasteiger partial charge in [-0.15, -0.1) is 0 Å². The van der Waals surface area contributed by atoms with Gasteiger partial charge in [-0.05, 0) is 32.4 Å². The maximum absolute atomic E-state index is 12.5. The number of rotatable bonds is 2. The number of ether oxygens (including phenoxy) is 3. The molecule has 1 fully saturated rings. The number of allylic oxidation sites excluding steroid dienone is 1. The molecule has 5 atom stereocenters. The molecular formula is C19H20O7. The summed E-state index contributed by atoms with van der Waals surface area (Å²) >= 11 is 0. The fourth-order valence-corrected chi connectivity index (χ4v) is 3.30. The molecular weight excluding hydrogens is 340 g/mol. The molecule has 7 nitrogen and oxygen atoms in total. The van der Waals surface area contributed by atoms with E-state index in [2.05, 4.69) is 13.2 Å². The maximum Gasteiger partial charge on any atom is 0.334 e. The van der Waals surface area contributed by atoms with Crippen LogP contribution in [0.25, 0.3) is 0 Å². The zero-order valence-electron chi connectivity index (χ0n) is 14.8. The van der Waals surface area contributed by atoms with Crippen LogP contribution < -0.4 is 0 Å². The van der Waals surface area contributed by atoms with Gasteiger partial charge in [-0.25, -0.2) is 9.59 Å². The molecule has 1 saturated heterocycles. The molecule has 0 saturated carbocycles. The first-order valence-electron chi connectivity index (χ1n) is 8.14. The first-order chi connectivity index (χ1) is 12.1. The lowest BCUT2D eigenvalue weighted by Crippen LogP contribution is -2.55. The minimum atomic E-state index is -1.66. The molecule has 0 unspecified atom stereocenters. The van der Waals surface area contributed by atoms with Crippen molar-refractivity contribution in [2.75, 3.05) is 0 Å². The predicted octanol–water partition coefficient (Wildman–Crippen LogP) is 1.13. The molecule has 0 aromatic rings. The van der Waals surface area contributed by atoms with E-state index in [0.29, 0.717) is 5.57 Å². The molecule has 3 aliphatic rings. The summed E-state index contributed by atoms with van der Waals surface area (Å²) < 4.78 is 16.5. The van der Waals surface area contributed by atoms with Crippen LogP contribution in [0, 0.1) is 5.92 Å². The number of hydrogen-bond donors (Lipinski definition) is 1. The second kappa shape index (κ2) is 5.95. The van der Waals surface area contributed by atoms with E-state index in [1.54, 1.807) is 13.0 Å². The molecule has 1 N–H and O–H groups in total. The summed E-state index contributed by atoms with van der Waals surface area (Å²) in [5, 5.41) is 11.0. The van der Waals surface area contributed by atoms with Gasteiger partial charge in [-0.2, -0.15) is 0 Å². The third-order valence-electron chi connectivity index (χ3n) is 4.96. The van der Waals surface area contributed by atoms with Crippen LogP contribution in [0.1, 0.15) is 20.8 Å². The Bertz CT molecular complexity index is 803. The lowest BCUT2D eigenvalue weighted by atomic mass is 9.80. The highest BCUT2D eigenvalue weighted by atomic mass is 16.6. The quantitative estimate of drug-likeness (QED) is 0.582. The largest absolute Gasteiger partial charge is 0.476 e. The minimum Gasteiger partial charge on any atom is -0.476 e. The van der Waals surface area contributed by atoms with Crippen molar-refractivity contribution in [3.63, 3.8) is 0 Å². The number of carbonyl (C=O) groups is 3. The molecule has 0 spiro atoms. The number of ketones is 1. The fraction of sp³-hybridized carbons (Fsp3) is 0.421. The number of aliphatic hydroxyl groups is 1. The zero-order valence-corrected chi connectivity index (χ0v) is 14.8. The summed E-state index contributed by atoms with van der Waals surface area (Å²) in [4.78, 5) is 36.7. The van der Waals surface area contributed by atoms with Gasteiger partial charge in [0.25, 0.3) is 0 Å². The molecule has 0 aromatic carbocycles. The second-order valence-corrected chi connectivity index (χ2v) is 6.95. The molecule has 7 heteroatoms. The van der Waals surface area contributed by atoms with Crippen LogP contribution in [0.2, 0.25) is 0 Å². The molecule has 2 bridgehead atoms. The fourth-order valence-electron chi connectivity index (χ4n) is 3.30. The van der Waals surface area contributed by atoms with E-state index in [9.17, 15) is 19.5 Å². The molecule has 26 heavy (non-hydrogen) atoms. The van der Waals surface area contributed by atoms with Crippen LogP contribution in [-0.4, -0.2) is 46.7 Å². The van der Waals surface area contributed by atoms with Gasteiger partial charge >= 0.3 is 11.9 Å². The summed E-state index contributed by atoms with van der Waals surface area (Å²) in [6.45, 7) is 11.8. The molecule has 0 radical (unpaired) electrons. The van der Waals surface area contributed by atoms with Gasteiger partial charge in [-0.3, -0.25) is 4.79 Å². The Morgan fingerprint density at radius 1 is 1.38 bits per heavy atom. The molecule has 0 aromatic heterocycles. The lowest BCUT2D eigenvalue weighted by molar-refractivity contribution is -0.175. The van der Waals surface area contributed by atoms with Gasteiger partial charge in [0, 0.05) is 17.2 Å². The van der Waals surface area contributed by atoms with E-state index in [-0.39, 0.29) is 16.9 Å². The van der Waals surface area contributed by atoms with Gasteiger partial charge in [-0.1, -0.05) is 13.2 Å². The number of fused-ring (bicyclic) bond motifs is 3. The van der Waals surface area contributed by atoms with Crippen LogP contribution in [0.5, 0.6) is 0 Å². The molecule has 0 aliphatic carbocycles. The van der Waals surface area contributed by atoms with Gasteiger partial charge in [0.1, 0.15) is 24.1 Å². The molecule has 3 aliphatic heterocycles. The van der Waals surface area contributed by atoms with Crippen molar-refractivity contribution >= 4 is 17.7 Å². The number of aliphatic hydroxyl groups excluding tert-OH is 1. The topological polar surface area (TPSA) is 99.1 Å². The van der Waals surface area contributed by atoms with Gasteiger partial charge in [0.15, 0.2) is 5.60 Å². The Kier molecular flexibility index (Phi) is 4.15. The molecule has 0 amide bonds. The van der Waals surface area contributed by atoms with Crippen molar-refractivity contribution < 1.29 is 33.7 Å². The predicted molar refractivity (Wildman–Crippen MR) is 89.5 cm³/mol. The zero-order chi connectivity index (χ0) is 19.4. The Hall–Kier alpha value is -2.67. The number of hydrogen-bond acceptors (Lipinski definition) is 7.